The van der Waals surface area contributed by atoms with Crippen molar-refractivity contribution in [3.8, 4) is 12.1 Å². The summed E-state index contributed by atoms with van der Waals surface area (Å²) in [7, 11) is 1.84. The third-order valence-electron chi connectivity index (χ3n) is 5.11. The van der Waals surface area contributed by atoms with Crippen LogP contribution >= 0.6 is 0 Å². The van der Waals surface area contributed by atoms with Crippen LogP contribution in [0.25, 0.3) is 43.2 Å². The van der Waals surface area contributed by atoms with Gasteiger partial charge in [0.25, 0.3) is 5.92 Å². The van der Waals surface area contributed by atoms with Gasteiger partial charge in [0.15, 0.2) is 11.1 Å². The summed E-state index contributed by atoms with van der Waals surface area (Å²) in [5.41, 5.74) is -9.65. The van der Waals surface area contributed by atoms with Gasteiger partial charge in [0.2, 0.25) is 5.48 Å². The van der Waals surface area contributed by atoms with E-state index in [0.717, 1.165) is 14.1 Å². The van der Waals surface area contributed by atoms with Crippen molar-refractivity contribution >= 4 is 33.5 Å². The van der Waals surface area contributed by atoms with Crippen molar-refractivity contribution in [2.45, 2.75) is 24.9 Å². The van der Waals surface area contributed by atoms with Crippen LogP contribution in [0.1, 0.15) is 18.1 Å². The highest BCUT2D eigenvalue weighted by molar-refractivity contribution is 6.02. The molecule has 0 aliphatic heterocycles. The predicted octanol–water partition coefficient (Wildman–Crippen LogP) is 3.33. The number of halogens is 7. The molecule has 0 radical (unpaired) electrons. The van der Waals surface area contributed by atoms with Crippen molar-refractivity contribution in [1.82, 2.24) is 19.1 Å². The van der Waals surface area contributed by atoms with E-state index in [0.29, 0.717) is 16.1 Å². The van der Waals surface area contributed by atoms with Crippen LogP contribution in [0.5, 0.6) is 0 Å². The van der Waals surface area contributed by atoms with E-state index < -0.39 is 73.6 Å². The summed E-state index contributed by atoms with van der Waals surface area (Å²) in [5, 5.41) is 18.3. The molecule has 1 aromatic carbocycles. The summed E-state index contributed by atoms with van der Waals surface area (Å²) in [6.45, 7) is 14.4. The molecule has 0 saturated heterocycles. The number of imidazole rings is 2. The highest BCUT2D eigenvalue weighted by Crippen LogP contribution is 2.50. The van der Waals surface area contributed by atoms with Crippen LogP contribution in [0, 0.1) is 35.8 Å². The van der Waals surface area contributed by atoms with E-state index in [4.69, 9.17) is 23.7 Å². The number of nitrogens with zero attached hydrogens (tertiary/aromatic N) is 8. The van der Waals surface area contributed by atoms with Gasteiger partial charge < -0.3 is 9.13 Å². The molecule has 0 fully saturated rings. The Balaban J connectivity index is 2.97. The molecule has 0 amide bonds. The highest BCUT2D eigenvalue weighted by Gasteiger charge is 2.61. The van der Waals surface area contributed by atoms with Gasteiger partial charge in [0, 0.05) is 21.0 Å². The number of hydrogen-bond donors (Lipinski definition) is 0. The minimum absolute atomic E-state index is 0.331. The molecule has 3 aromatic rings. The normalized spacial score (nSPS) is 12.2. The first-order valence-corrected chi connectivity index (χ1v) is 9.10. The van der Waals surface area contributed by atoms with Gasteiger partial charge in [0.05, 0.1) is 22.2 Å². The lowest BCUT2D eigenvalue weighted by Gasteiger charge is -2.23. The fourth-order valence-electron chi connectivity index (χ4n) is 3.67. The van der Waals surface area contributed by atoms with Gasteiger partial charge in [-0.3, -0.25) is 0 Å². The molecule has 15 heteroatoms. The van der Waals surface area contributed by atoms with Crippen LogP contribution in [-0.4, -0.2) is 25.3 Å². The van der Waals surface area contributed by atoms with Gasteiger partial charge in [-0.1, -0.05) is 0 Å². The summed E-state index contributed by atoms with van der Waals surface area (Å²) < 4.78 is 101. The van der Waals surface area contributed by atoms with Gasteiger partial charge in [-0.25, -0.2) is 18.7 Å². The lowest BCUT2D eigenvalue weighted by molar-refractivity contribution is -0.288. The SMILES string of the molecule is [C-]#[N+]C([N+]#[C-])=c1nc2c(C(F)(F)C(F)(F)F)c3c(nc(=C(C#N)C#N)n3C)c(C(C)(F)F)c2n1C. The average Bonchev–Trinajstić information content (AvgIpc) is 3.24. The minimum Gasteiger partial charge on any atom is -0.329 e. The Morgan fingerprint density at radius 1 is 0.829 bits per heavy atom. The van der Waals surface area contributed by atoms with Crippen LogP contribution in [-0.2, 0) is 25.9 Å². The molecule has 2 heterocycles. The molecule has 0 aliphatic rings. The zero-order valence-electron chi connectivity index (χ0n) is 17.7. The number of hydrogen-bond acceptors (Lipinski definition) is 4. The molecule has 35 heavy (non-hydrogen) atoms. The van der Waals surface area contributed by atoms with Crippen molar-refractivity contribution < 1.29 is 30.7 Å². The number of alkyl halides is 7. The third-order valence-corrected chi connectivity index (χ3v) is 5.11. The van der Waals surface area contributed by atoms with Crippen molar-refractivity contribution in [3.05, 3.63) is 44.9 Å². The average molecular weight is 494 g/mol. The largest absolute Gasteiger partial charge is 0.562 e. The Kier molecular flexibility index (Phi) is 5.51. The molecule has 0 spiro atoms. The quantitative estimate of drug-likeness (QED) is 0.404. The van der Waals surface area contributed by atoms with Gasteiger partial charge in [0.1, 0.15) is 36.3 Å². The zero-order valence-corrected chi connectivity index (χ0v) is 17.7. The number of nitriles is 2. The first-order valence-electron chi connectivity index (χ1n) is 9.10. The third kappa shape index (κ3) is 3.41. The Bertz CT molecular complexity index is 1640. The molecule has 0 N–H and O–H groups in total. The number of fused-ring (bicyclic) bond motifs is 2. The second kappa shape index (κ2) is 7.71. The molecule has 178 valence electrons. The van der Waals surface area contributed by atoms with Crippen LogP contribution in [0.3, 0.4) is 0 Å². The number of aryl methyl sites for hydroxylation is 2. The van der Waals surface area contributed by atoms with Crippen molar-refractivity contribution in [2.24, 2.45) is 14.1 Å². The summed E-state index contributed by atoms with van der Waals surface area (Å²) >= 11 is 0. The Morgan fingerprint density at radius 2 is 1.26 bits per heavy atom. The summed E-state index contributed by atoms with van der Waals surface area (Å²) in [6.07, 6.45) is -6.23. The number of aromatic nitrogens is 4. The minimum atomic E-state index is -6.23. The van der Waals surface area contributed by atoms with Crippen molar-refractivity contribution in [1.29, 1.82) is 10.5 Å². The Morgan fingerprint density at radius 3 is 1.69 bits per heavy atom. The maximum atomic E-state index is 14.9. The Labute approximate surface area is 190 Å². The lowest BCUT2D eigenvalue weighted by Crippen LogP contribution is -2.35. The lowest BCUT2D eigenvalue weighted by atomic mass is 9.97. The van der Waals surface area contributed by atoms with Crippen molar-refractivity contribution in [3.63, 3.8) is 0 Å². The number of rotatable bonds is 2. The molecule has 0 bridgehead atoms. The van der Waals surface area contributed by atoms with Gasteiger partial charge >= 0.3 is 17.9 Å². The van der Waals surface area contributed by atoms with E-state index >= 15 is 0 Å². The molecule has 0 saturated carbocycles. The highest BCUT2D eigenvalue weighted by atomic mass is 19.4. The van der Waals surface area contributed by atoms with Crippen molar-refractivity contribution in [2.75, 3.05) is 0 Å². The van der Waals surface area contributed by atoms with E-state index in [2.05, 4.69) is 19.7 Å². The van der Waals surface area contributed by atoms with Crippen LogP contribution in [0.15, 0.2) is 0 Å². The fraction of sp³-hybridized carbons (Fsp3) is 0.300. The van der Waals surface area contributed by atoms with E-state index in [1.807, 2.05) is 0 Å². The first kappa shape index (κ1) is 25.0. The maximum absolute atomic E-state index is 14.9. The molecule has 0 aliphatic carbocycles. The number of benzene rings is 1. The predicted molar refractivity (Wildman–Crippen MR) is 105 cm³/mol. The fourth-order valence-corrected chi connectivity index (χ4v) is 3.67. The molecule has 0 atom stereocenters. The molecule has 3 rings (SSSR count). The Hall–Kier alpha value is -4.63. The maximum Gasteiger partial charge on any atom is 0.562 e. The summed E-state index contributed by atoms with van der Waals surface area (Å²) in [6, 6.07) is 2.77. The molecular formula is C20H9F7N8. The van der Waals surface area contributed by atoms with Crippen LogP contribution in [0.4, 0.5) is 30.7 Å². The second-order valence-corrected chi connectivity index (χ2v) is 7.24. The van der Waals surface area contributed by atoms with Crippen LogP contribution in [0.2, 0.25) is 0 Å². The van der Waals surface area contributed by atoms with E-state index in [-0.39, 0.29) is 0 Å². The molecular weight excluding hydrogens is 485 g/mol. The smallest absolute Gasteiger partial charge is 0.329 e. The molecule has 0 unspecified atom stereocenters. The summed E-state index contributed by atoms with van der Waals surface area (Å²) in [4.78, 5) is 13.0. The standard InChI is InChI=1S/C20H9F7N8/c1-18(21,22)9-11-14(34(4)16(32-11)8(6-28)7-29)10(19(23,24)20(25,26)27)12-13(9)35(5)17(33-12)15(30-2)31-3/h1,4-5H3. The second-order valence-electron chi connectivity index (χ2n) is 7.24. The van der Waals surface area contributed by atoms with E-state index in [1.165, 1.54) is 12.1 Å². The first-order chi connectivity index (χ1) is 16.1. The van der Waals surface area contributed by atoms with Crippen LogP contribution < -0.4 is 11.0 Å². The van der Waals surface area contributed by atoms with Gasteiger partial charge in [-0.2, -0.15) is 42.2 Å². The monoisotopic (exact) mass is 494 g/mol. The summed E-state index contributed by atoms with van der Waals surface area (Å²) in [5.74, 6) is -10.5. The zero-order chi connectivity index (χ0) is 26.7. The topological polar surface area (TPSA) is 91.9 Å². The van der Waals surface area contributed by atoms with E-state index in [9.17, 15) is 30.7 Å². The van der Waals surface area contributed by atoms with E-state index in [1.54, 1.807) is 0 Å². The molecule has 2 aromatic heterocycles. The molecule has 8 nitrogen and oxygen atoms in total. The van der Waals surface area contributed by atoms with Gasteiger partial charge in [-0.05, 0) is 0 Å². The van der Waals surface area contributed by atoms with Gasteiger partial charge in [-0.15, -0.1) is 0 Å².